The molecule has 0 spiro atoms. The number of rotatable bonds is 3. The third-order valence-corrected chi connectivity index (χ3v) is 0.628. The lowest BCUT2D eigenvalue weighted by molar-refractivity contribution is -0.137. The molecule has 0 heterocycles. The Balaban J connectivity index is 0. The van der Waals surface area contributed by atoms with E-state index in [-0.39, 0.29) is 12.5 Å². The number of carboxylic acids is 1. The second-order valence-corrected chi connectivity index (χ2v) is 1.55. The molecule has 0 radical (unpaired) electrons. The second-order valence-electron chi connectivity index (χ2n) is 1.55. The molecule has 0 aliphatic carbocycles. The van der Waals surface area contributed by atoms with Gasteiger partial charge in [0, 0.05) is 6.08 Å². The average molecular weight is 175 g/mol. The highest BCUT2D eigenvalue weighted by Crippen LogP contribution is 1.74. The van der Waals surface area contributed by atoms with E-state index in [1.807, 2.05) is 0 Å². The van der Waals surface area contributed by atoms with Gasteiger partial charge in [0.25, 0.3) is 0 Å². The smallest absolute Gasteiger partial charge is 0.330 e. The molecule has 0 saturated heterocycles. The van der Waals surface area contributed by atoms with Gasteiger partial charge in [0.1, 0.15) is 0 Å². The minimum atomic E-state index is -0.968. The quantitative estimate of drug-likeness (QED) is 0.456. The van der Waals surface area contributed by atoms with Gasteiger partial charge in [-0.25, -0.2) is 4.79 Å². The third kappa shape index (κ3) is 15.9. The summed E-state index contributed by atoms with van der Waals surface area (Å²) >= 11 is 0. The van der Waals surface area contributed by atoms with Crippen molar-refractivity contribution in [1.82, 2.24) is 0 Å². The van der Waals surface area contributed by atoms with Crippen LogP contribution in [0.5, 0.6) is 0 Å². The van der Waals surface area contributed by atoms with Gasteiger partial charge in [0.15, 0.2) is 0 Å². The Kier molecular flexibility index (Phi) is 10.6. The first-order valence-corrected chi connectivity index (χ1v) is 3.29. The molecular formula is C7H13NO4. The average Bonchev–Trinajstić information content (AvgIpc) is 2.06. The van der Waals surface area contributed by atoms with Gasteiger partial charge in [-0.3, -0.25) is 4.79 Å². The molecule has 0 aliphatic heterocycles. The highest BCUT2D eigenvalue weighted by atomic mass is 16.5. The molecule has 12 heavy (non-hydrogen) atoms. The fourth-order valence-electron chi connectivity index (χ4n) is 0.201. The van der Waals surface area contributed by atoms with Crippen molar-refractivity contribution in [2.75, 3.05) is 13.2 Å². The minimum Gasteiger partial charge on any atom is -0.480 e. The zero-order valence-electron chi connectivity index (χ0n) is 6.95. The second kappa shape index (κ2) is 9.64. The Labute approximate surface area is 70.8 Å². The normalized spacial score (nSPS) is 7.50. The zero-order chi connectivity index (χ0) is 9.98. The van der Waals surface area contributed by atoms with E-state index in [1.165, 1.54) is 0 Å². The molecular weight excluding hydrogens is 162 g/mol. The van der Waals surface area contributed by atoms with E-state index in [0.29, 0.717) is 6.61 Å². The van der Waals surface area contributed by atoms with Crippen LogP contribution in [0.4, 0.5) is 0 Å². The molecule has 0 aromatic rings. The molecule has 0 fully saturated rings. The van der Waals surface area contributed by atoms with Gasteiger partial charge in [-0.15, -0.1) is 0 Å². The van der Waals surface area contributed by atoms with Crippen molar-refractivity contribution in [1.29, 1.82) is 0 Å². The van der Waals surface area contributed by atoms with Gasteiger partial charge >= 0.3 is 11.9 Å². The number of carbonyl (C=O) groups excluding carboxylic acids is 1. The van der Waals surface area contributed by atoms with Gasteiger partial charge in [0.05, 0.1) is 13.2 Å². The molecule has 3 N–H and O–H groups in total. The molecule has 0 unspecified atom stereocenters. The predicted molar refractivity (Wildman–Crippen MR) is 43.5 cm³/mol. The first-order valence-electron chi connectivity index (χ1n) is 3.29. The SMILES string of the molecule is C=CC(=O)OCC.NCC(=O)O. The van der Waals surface area contributed by atoms with Crippen LogP contribution in [0.1, 0.15) is 6.92 Å². The summed E-state index contributed by atoms with van der Waals surface area (Å²) in [6, 6.07) is 0. The van der Waals surface area contributed by atoms with E-state index in [1.54, 1.807) is 6.92 Å². The topological polar surface area (TPSA) is 89.6 Å². The first kappa shape index (κ1) is 13.2. The maximum atomic E-state index is 10.1. The van der Waals surface area contributed by atoms with Crippen molar-refractivity contribution in [3.63, 3.8) is 0 Å². The van der Waals surface area contributed by atoms with Crippen LogP contribution in [0.2, 0.25) is 0 Å². The van der Waals surface area contributed by atoms with Crippen LogP contribution in [0.3, 0.4) is 0 Å². The van der Waals surface area contributed by atoms with Crippen LogP contribution in [0, 0.1) is 0 Å². The number of carbonyl (C=O) groups is 2. The fourth-order valence-corrected chi connectivity index (χ4v) is 0.201. The summed E-state index contributed by atoms with van der Waals surface area (Å²) in [5.74, 6) is -1.33. The van der Waals surface area contributed by atoms with Crippen molar-refractivity contribution in [3.05, 3.63) is 12.7 Å². The standard InChI is InChI=1S/C5H8O2.C2H5NO2/c1-3-5(6)7-4-2;3-1-2(4)5/h3H,1,4H2,2H3;1,3H2,(H,4,5). The Bertz CT molecular complexity index is 155. The van der Waals surface area contributed by atoms with Crippen LogP contribution >= 0.6 is 0 Å². The van der Waals surface area contributed by atoms with Gasteiger partial charge in [0.2, 0.25) is 0 Å². The maximum absolute atomic E-state index is 10.1. The number of esters is 1. The lowest BCUT2D eigenvalue weighted by Gasteiger charge is -1.90. The molecule has 5 heteroatoms. The number of aliphatic carboxylic acids is 1. The van der Waals surface area contributed by atoms with E-state index in [4.69, 9.17) is 5.11 Å². The van der Waals surface area contributed by atoms with Crippen molar-refractivity contribution in [2.45, 2.75) is 6.92 Å². The molecule has 0 atom stereocenters. The minimum absolute atomic E-state index is 0.278. The maximum Gasteiger partial charge on any atom is 0.330 e. The van der Waals surface area contributed by atoms with E-state index >= 15 is 0 Å². The lowest BCUT2D eigenvalue weighted by Crippen LogP contribution is -2.10. The summed E-state index contributed by atoms with van der Waals surface area (Å²) in [5.41, 5.74) is 4.57. The summed E-state index contributed by atoms with van der Waals surface area (Å²) in [4.78, 5) is 19.3. The van der Waals surface area contributed by atoms with E-state index < -0.39 is 5.97 Å². The number of nitrogens with two attached hydrogens (primary N) is 1. The molecule has 5 nitrogen and oxygen atoms in total. The number of hydrogen-bond acceptors (Lipinski definition) is 4. The summed E-state index contributed by atoms with van der Waals surface area (Å²) in [6.07, 6.45) is 1.14. The molecule has 0 aliphatic rings. The molecule has 0 saturated carbocycles. The van der Waals surface area contributed by atoms with Gasteiger partial charge < -0.3 is 15.6 Å². The summed E-state index contributed by atoms with van der Waals surface area (Å²) in [6.45, 7) is 5.10. The van der Waals surface area contributed by atoms with E-state index in [0.717, 1.165) is 6.08 Å². The molecule has 0 bridgehead atoms. The number of ether oxygens (including phenoxy) is 1. The number of hydrogen-bond donors (Lipinski definition) is 2. The Morgan fingerprint density at radius 3 is 2.17 bits per heavy atom. The lowest BCUT2D eigenvalue weighted by atomic mass is 10.6. The van der Waals surface area contributed by atoms with Gasteiger partial charge in [-0.1, -0.05) is 6.58 Å². The van der Waals surface area contributed by atoms with Crippen molar-refractivity contribution in [3.8, 4) is 0 Å². The van der Waals surface area contributed by atoms with Gasteiger partial charge in [-0.2, -0.15) is 0 Å². The largest absolute Gasteiger partial charge is 0.480 e. The summed E-state index contributed by atoms with van der Waals surface area (Å²) in [5, 5.41) is 7.60. The van der Waals surface area contributed by atoms with Gasteiger partial charge in [-0.05, 0) is 6.92 Å². The van der Waals surface area contributed by atoms with Crippen molar-refractivity contribution >= 4 is 11.9 Å². The monoisotopic (exact) mass is 175 g/mol. The molecule has 0 aromatic carbocycles. The van der Waals surface area contributed by atoms with E-state index in [9.17, 15) is 9.59 Å². The molecule has 0 amide bonds. The molecule has 0 aromatic heterocycles. The predicted octanol–water partition coefficient (Wildman–Crippen LogP) is -0.235. The third-order valence-electron chi connectivity index (χ3n) is 0.628. The zero-order valence-corrected chi connectivity index (χ0v) is 6.95. The van der Waals surface area contributed by atoms with E-state index in [2.05, 4.69) is 17.0 Å². The number of carboxylic acid groups (broad SMARTS) is 1. The highest BCUT2D eigenvalue weighted by Gasteiger charge is 1.86. The Morgan fingerprint density at radius 2 is 2.08 bits per heavy atom. The van der Waals surface area contributed by atoms with Crippen LogP contribution in [0.25, 0.3) is 0 Å². The molecule has 70 valence electrons. The van der Waals surface area contributed by atoms with Crippen molar-refractivity contribution < 1.29 is 19.4 Å². The summed E-state index contributed by atoms with van der Waals surface area (Å²) < 4.78 is 4.43. The molecule has 0 rings (SSSR count). The fraction of sp³-hybridized carbons (Fsp3) is 0.429. The summed E-state index contributed by atoms with van der Waals surface area (Å²) in [7, 11) is 0. The van der Waals surface area contributed by atoms with Crippen molar-refractivity contribution in [2.24, 2.45) is 5.73 Å². The highest BCUT2D eigenvalue weighted by molar-refractivity contribution is 5.81. The Morgan fingerprint density at radius 1 is 1.67 bits per heavy atom. The van der Waals surface area contributed by atoms with Crippen LogP contribution in [0.15, 0.2) is 12.7 Å². The van der Waals surface area contributed by atoms with Crippen LogP contribution < -0.4 is 5.73 Å². The Hall–Kier alpha value is -1.36. The first-order chi connectivity index (χ1) is 5.58. The van der Waals surface area contributed by atoms with Crippen LogP contribution in [-0.4, -0.2) is 30.2 Å². The van der Waals surface area contributed by atoms with Crippen LogP contribution in [-0.2, 0) is 14.3 Å².